The molecule has 2 N–H and O–H groups in total. The summed E-state index contributed by atoms with van der Waals surface area (Å²) in [6, 6.07) is 0. The van der Waals surface area contributed by atoms with Gasteiger partial charge >= 0.3 is 0 Å². The van der Waals surface area contributed by atoms with E-state index in [9.17, 15) is 8.42 Å². The SMILES string of the molecule is CC(C)OCCS(=O)(=O)N1CCC(CCN)CC1. The van der Waals surface area contributed by atoms with Crippen molar-refractivity contribution < 1.29 is 13.2 Å². The number of piperidine rings is 1. The maximum absolute atomic E-state index is 12.1. The summed E-state index contributed by atoms with van der Waals surface area (Å²) >= 11 is 0. The van der Waals surface area contributed by atoms with Crippen molar-refractivity contribution in [1.29, 1.82) is 0 Å². The van der Waals surface area contributed by atoms with Crippen LogP contribution in [0.3, 0.4) is 0 Å². The highest BCUT2D eigenvalue weighted by atomic mass is 32.2. The Balaban J connectivity index is 2.36. The second-order valence-electron chi connectivity index (χ2n) is 5.16. The molecule has 0 aromatic heterocycles. The number of nitrogens with zero attached hydrogens (tertiary/aromatic N) is 1. The zero-order valence-corrected chi connectivity index (χ0v) is 12.3. The summed E-state index contributed by atoms with van der Waals surface area (Å²) in [5.41, 5.74) is 5.53. The first-order valence-electron chi connectivity index (χ1n) is 6.75. The van der Waals surface area contributed by atoms with Crippen molar-refractivity contribution in [3.05, 3.63) is 0 Å². The van der Waals surface area contributed by atoms with E-state index in [2.05, 4.69) is 0 Å². The summed E-state index contributed by atoms with van der Waals surface area (Å²) < 4.78 is 31.0. The van der Waals surface area contributed by atoms with Crippen LogP contribution >= 0.6 is 0 Å². The predicted molar refractivity (Wildman–Crippen MR) is 72.8 cm³/mol. The Morgan fingerprint density at radius 3 is 2.44 bits per heavy atom. The summed E-state index contributed by atoms with van der Waals surface area (Å²) in [5.74, 6) is 0.681. The van der Waals surface area contributed by atoms with Gasteiger partial charge in [0.05, 0.1) is 18.5 Å². The molecule has 0 aromatic rings. The van der Waals surface area contributed by atoms with E-state index in [-0.39, 0.29) is 18.5 Å². The molecular formula is C12H26N2O3S. The lowest BCUT2D eigenvalue weighted by atomic mass is 9.95. The molecule has 1 aliphatic rings. The largest absolute Gasteiger partial charge is 0.378 e. The standard InChI is InChI=1S/C12H26N2O3S/c1-11(2)17-9-10-18(15,16)14-7-4-12(3-6-13)5-8-14/h11-12H,3-10,13H2,1-2H3. The smallest absolute Gasteiger partial charge is 0.216 e. The highest BCUT2D eigenvalue weighted by Gasteiger charge is 2.27. The van der Waals surface area contributed by atoms with E-state index in [0.717, 1.165) is 19.3 Å². The molecule has 108 valence electrons. The average molecular weight is 278 g/mol. The molecule has 0 saturated carbocycles. The Kier molecular flexibility index (Phi) is 6.55. The van der Waals surface area contributed by atoms with Crippen LogP contribution in [0.4, 0.5) is 0 Å². The Morgan fingerprint density at radius 2 is 1.94 bits per heavy atom. The van der Waals surface area contributed by atoms with Gasteiger partial charge in [0.1, 0.15) is 0 Å². The maximum Gasteiger partial charge on any atom is 0.216 e. The molecule has 0 radical (unpaired) electrons. The molecule has 0 aliphatic carbocycles. The lowest BCUT2D eigenvalue weighted by molar-refractivity contribution is 0.0905. The van der Waals surface area contributed by atoms with Gasteiger partial charge in [0.15, 0.2) is 0 Å². The van der Waals surface area contributed by atoms with Crippen molar-refractivity contribution in [2.75, 3.05) is 32.0 Å². The van der Waals surface area contributed by atoms with Crippen LogP contribution in [0.2, 0.25) is 0 Å². The van der Waals surface area contributed by atoms with Gasteiger partial charge in [0, 0.05) is 13.1 Å². The van der Waals surface area contributed by atoms with Gasteiger partial charge in [-0.1, -0.05) is 0 Å². The number of sulfonamides is 1. The first kappa shape index (κ1) is 15.9. The summed E-state index contributed by atoms with van der Waals surface area (Å²) in [5, 5.41) is 0. The third-order valence-corrected chi connectivity index (χ3v) is 5.17. The molecule has 0 amide bonds. The van der Waals surface area contributed by atoms with E-state index in [0.29, 0.717) is 25.6 Å². The minimum absolute atomic E-state index is 0.0792. The van der Waals surface area contributed by atoms with E-state index in [1.165, 1.54) is 0 Å². The molecule has 1 aliphatic heterocycles. The second kappa shape index (κ2) is 7.43. The van der Waals surface area contributed by atoms with Crippen molar-refractivity contribution in [2.24, 2.45) is 11.7 Å². The minimum atomic E-state index is -3.14. The van der Waals surface area contributed by atoms with E-state index < -0.39 is 10.0 Å². The topological polar surface area (TPSA) is 72.6 Å². The van der Waals surface area contributed by atoms with Gasteiger partial charge in [0.2, 0.25) is 10.0 Å². The molecule has 0 atom stereocenters. The molecule has 1 rings (SSSR count). The molecule has 1 heterocycles. The van der Waals surface area contributed by atoms with E-state index in [1.54, 1.807) is 4.31 Å². The minimum Gasteiger partial charge on any atom is -0.378 e. The molecular weight excluding hydrogens is 252 g/mol. The Bertz CT molecular complexity index is 322. The van der Waals surface area contributed by atoms with Crippen LogP contribution in [0.15, 0.2) is 0 Å². The van der Waals surface area contributed by atoms with E-state index in [1.807, 2.05) is 13.8 Å². The number of rotatable bonds is 7. The van der Waals surface area contributed by atoms with Gasteiger partial charge in [-0.3, -0.25) is 0 Å². The van der Waals surface area contributed by atoms with Crippen LogP contribution < -0.4 is 5.73 Å². The first-order valence-corrected chi connectivity index (χ1v) is 8.36. The van der Waals surface area contributed by atoms with Crippen molar-refractivity contribution in [1.82, 2.24) is 4.31 Å². The Morgan fingerprint density at radius 1 is 1.33 bits per heavy atom. The summed E-state index contributed by atoms with van der Waals surface area (Å²) in [6.07, 6.45) is 2.95. The molecule has 0 bridgehead atoms. The van der Waals surface area contributed by atoms with Gasteiger partial charge in [0.25, 0.3) is 0 Å². The average Bonchev–Trinajstić information content (AvgIpc) is 2.29. The second-order valence-corrected chi connectivity index (χ2v) is 7.24. The molecule has 1 fully saturated rings. The molecule has 5 nitrogen and oxygen atoms in total. The maximum atomic E-state index is 12.1. The number of nitrogens with two attached hydrogens (primary N) is 1. The fourth-order valence-corrected chi connectivity index (χ4v) is 3.56. The number of ether oxygens (including phenoxy) is 1. The van der Waals surface area contributed by atoms with Gasteiger partial charge < -0.3 is 10.5 Å². The van der Waals surface area contributed by atoms with Gasteiger partial charge in [-0.25, -0.2) is 12.7 Å². The van der Waals surface area contributed by atoms with Crippen molar-refractivity contribution in [3.63, 3.8) is 0 Å². The van der Waals surface area contributed by atoms with Crippen molar-refractivity contribution >= 4 is 10.0 Å². The highest BCUT2D eigenvalue weighted by molar-refractivity contribution is 7.89. The summed E-state index contributed by atoms with van der Waals surface area (Å²) in [4.78, 5) is 0. The van der Waals surface area contributed by atoms with Gasteiger partial charge in [-0.2, -0.15) is 0 Å². The lowest BCUT2D eigenvalue weighted by Crippen LogP contribution is -2.40. The van der Waals surface area contributed by atoms with Crippen LogP contribution in [0.25, 0.3) is 0 Å². The van der Waals surface area contributed by atoms with Crippen LogP contribution in [-0.4, -0.2) is 50.8 Å². The first-order chi connectivity index (χ1) is 8.45. The quantitative estimate of drug-likeness (QED) is 0.747. The summed E-state index contributed by atoms with van der Waals surface area (Å²) in [7, 11) is -3.14. The normalized spacial score (nSPS) is 19.6. The van der Waals surface area contributed by atoms with Crippen molar-refractivity contribution in [2.45, 2.75) is 39.2 Å². The van der Waals surface area contributed by atoms with Gasteiger partial charge in [-0.05, 0) is 45.6 Å². The number of hydrogen-bond donors (Lipinski definition) is 1. The fraction of sp³-hybridized carbons (Fsp3) is 1.00. The van der Waals surface area contributed by atoms with E-state index in [4.69, 9.17) is 10.5 Å². The summed E-state index contributed by atoms with van der Waals surface area (Å²) in [6.45, 7) is 6.06. The monoisotopic (exact) mass is 278 g/mol. The predicted octanol–water partition coefficient (Wildman–Crippen LogP) is 0.802. The van der Waals surface area contributed by atoms with Crippen LogP contribution in [0.1, 0.15) is 33.1 Å². The number of hydrogen-bond acceptors (Lipinski definition) is 4. The Hall–Kier alpha value is -0.170. The Labute approximate surface area is 111 Å². The molecule has 1 saturated heterocycles. The molecule has 0 aromatic carbocycles. The van der Waals surface area contributed by atoms with Gasteiger partial charge in [-0.15, -0.1) is 0 Å². The molecule has 18 heavy (non-hydrogen) atoms. The molecule has 0 spiro atoms. The zero-order chi connectivity index (χ0) is 13.6. The van der Waals surface area contributed by atoms with Crippen LogP contribution in [0.5, 0.6) is 0 Å². The van der Waals surface area contributed by atoms with E-state index >= 15 is 0 Å². The highest BCUT2D eigenvalue weighted by Crippen LogP contribution is 2.21. The third-order valence-electron chi connectivity index (χ3n) is 3.33. The molecule has 0 unspecified atom stereocenters. The zero-order valence-electron chi connectivity index (χ0n) is 11.5. The van der Waals surface area contributed by atoms with Crippen molar-refractivity contribution in [3.8, 4) is 0 Å². The van der Waals surface area contributed by atoms with Crippen LogP contribution in [0, 0.1) is 5.92 Å². The third kappa shape index (κ3) is 5.22. The van der Waals surface area contributed by atoms with Crippen LogP contribution in [-0.2, 0) is 14.8 Å². The fourth-order valence-electron chi connectivity index (χ4n) is 2.23. The lowest BCUT2D eigenvalue weighted by Gasteiger charge is -2.31. The molecule has 6 heteroatoms.